The minimum Gasteiger partial charge on any atom is -0.306 e. The summed E-state index contributed by atoms with van der Waals surface area (Å²) in [7, 11) is 2.18. The molecular formula is C21H21N5. The van der Waals surface area contributed by atoms with Crippen molar-refractivity contribution in [2.45, 2.75) is 18.9 Å². The van der Waals surface area contributed by atoms with E-state index >= 15 is 0 Å². The van der Waals surface area contributed by atoms with Gasteiger partial charge in [-0.1, -0.05) is 18.2 Å². The van der Waals surface area contributed by atoms with Crippen molar-refractivity contribution in [2.24, 2.45) is 0 Å². The molecule has 130 valence electrons. The first-order valence-electron chi connectivity index (χ1n) is 9.14. The predicted molar refractivity (Wildman–Crippen MR) is 104 cm³/mol. The number of hydrogen-bond donors (Lipinski definition) is 0. The van der Waals surface area contributed by atoms with E-state index in [2.05, 4.69) is 57.2 Å². The highest BCUT2D eigenvalue weighted by Crippen LogP contribution is 2.28. The average Bonchev–Trinajstić information content (AvgIpc) is 3.18. The highest BCUT2D eigenvalue weighted by atomic mass is 15.3. The van der Waals surface area contributed by atoms with E-state index in [4.69, 9.17) is 4.98 Å². The Morgan fingerprint density at radius 1 is 0.923 bits per heavy atom. The second kappa shape index (κ2) is 6.18. The van der Waals surface area contributed by atoms with Crippen LogP contribution in [-0.2, 0) is 0 Å². The molecule has 1 aliphatic heterocycles. The van der Waals surface area contributed by atoms with Gasteiger partial charge in [-0.15, -0.1) is 0 Å². The van der Waals surface area contributed by atoms with E-state index in [1.165, 1.54) is 0 Å². The quantitative estimate of drug-likeness (QED) is 0.518. The summed E-state index contributed by atoms with van der Waals surface area (Å²) < 4.78 is 2.13. The fourth-order valence-corrected chi connectivity index (χ4v) is 3.84. The number of piperidine rings is 1. The molecule has 0 N–H and O–H groups in total. The van der Waals surface area contributed by atoms with E-state index in [0.29, 0.717) is 6.04 Å². The number of nitrogens with zero attached hydrogens (tertiary/aromatic N) is 5. The molecule has 0 spiro atoms. The smallest absolute Gasteiger partial charge is 0.0964 e. The van der Waals surface area contributed by atoms with Crippen LogP contribution in [0.5, 0.6) is 0 Å². The van der Waals surface area contributed by atoms with Crippen LogP contribution in [0, 0.1) is 0 Å². The van der Waals surface area contributed by atoms with Crippen molar-refractivity contribution in [3.05, 3.63) is 55.1 Å². The molecule has 0 aliphatic carbocycles. The number of hydrogen-bond acceptors (Lipinski definition) is 4. The topological polar surface area (TPSA) is 46.8 Å². The number of rotatable bonds is 2. The van der Waals surface area contributed by atoms with Crippen LogP contribution < -0.4 is 0 Å². The maximum atomic E-state index is 4.71. The monoisotopic (exact) mass is 343 g/mol. The minimum atomic E-state index is 0.501. The van der Waals surface area contributed by atoms with Gasteiger partial charge < -0.3 is 4.90 Å². The van der Waals surface area contributed by atoms with Gasteiger partial charge in [0.2, 0.25) is 0 Å². The summed E-state index contributed by atoms with van der Waals surface area (Å²) >= 11 is 0. The zero-order valence-corrected chi connectivity index (χ0v) is 14.8. The summed E-state index contributed by atoms with van der Waals surface area (Å²) in [6.45, 7) is 2.27. The summed E-state index contributed by atoms with van der Waals surface area (Å²) in [5.74, 6) is 0. The van der Waals surface area contributed by atoms with Gasteiger partial charge in [-0.05, 0) is 45.1 Å². The lowest BCUT2D eigenvalue weighted by Crippen LogP contribution is -2.31. The van der Waals surface area contributed by atoms with Crippen molar-refractivity contribution in [3.63, 3.8) is 0 Å². The van der Waals surface area contributed by atoms with Crippen molar-refractivity contribution in [2.75, 3.05) is 20.1 Å². The standard InChI is InChI=1S/C21H21N5/c1-25-9-6-19(7-10-25)26-14-18(13-24-26)17-11-16-5-4-15-3-2-8-22-20(15)21(16)23-12-17/h2-5,8,11-14,19H,6-7,9-10H2,1H3. The Morgan fingerprint density at radius 3 is 2.62 bits per heavy atom. The minimum absolute atomic E-state index is 0.501. The van der Waals surface area contributed by atoms with Crippen LogP contribution in [0.15, 0.2) is 55.1 Å². The molecule has 4 heterocycles. The van der Waals surface area contributed by atoms with Gasteiger partial charge >= 0.3 is 0 Å². The molecule has 26 heavy (non-hydrogen) atoms. The van der Waals surface area contributed by atoms with Crippen LogP contribution in [0.4, 0.5) is 0 Å². The molecular weight excluding hydrogens is 322 g/mol. The maximum Gasteiger partial charge on any atom is 0.0964 e. The largest absolute Gasteiger partial charge is 0.306 e. The lowest BCUT2D eigenvalue weighted by molar-refractivity contribution is 0.212. The molecule has 4 aromatic rings. The van der Waals surface area contributed by atoms with Crippen molar-refractivity contribution in [1.29, 1.82) is 0 Å². The molecule has 0 saturated carbocycles. The number of likely N-dealkylation sites (tertiary alicyclic amines) is 1. The van der Waals surface area contributed by atoms with Gasteiger partial charge in [0.05, 0.1) is 23.3 Å². The summed E-state index contributed by atoms with van der Waals surface area (Å²) in [6, 6.07) is 11.0. The van der Waals surface area contributed by atoms with Crippen molar-refractivity contribution in [1.82, 2.24) is 24.6 Å². The Hall–Kier alpha value is -2.79. The van der Waals surface area contributed by atoms with Gasteiger partial charge in [-0.2, -0.15) is 5.10 Å². The average molecular weight is 343 g/mol. The van der Waals surface area contributed by atoms with Gasteiger partial charge in [0.15, 0.2) is 0 Å². The third kappa shape index (κ3) is 2.65. The summed E-state index contributed by atoms with van der Waals surface area (Å²) in [5, 5.41) is 6.86. The van der Waals surface area contributed by atoms with Crippen LogP contribution in [0.2, 0.25) is 0 Å². The molecule has 1 saturated heterocycles. The molecule has 1 aromatic carbocycles. The first-order valence-corrected chi connectivity index (χ1v) is 9.14. The van der Waals surface area contributed by atoms with Gasteiger partial charge in [-0.25, -0.2) is 0 Å². The van der Waals surface area contributed by atoms with E-state index in [9.17, 15) is 0 Å². The zero-order chi connectivity index (χ0) is 17.5. The Labute approximate surface area is 152 Å². The molecule has 1 aliphatic rings. The molecule has 5 heteroatoms. The highest BCUT2D eigenvalue weighted by Gasteiger charge is 2.19. The second-order valence-corrected chi connectivity index (χ2v) is 7.18. The third-order valence-corrected chi connectivity index (χ3v) is 5.42. The third-order valence-electron chi connectivity index (χ3n) is 5.42. The first kappa shape index (κ1) is 15.5. The molecule has 0 bridgehead atoms. The highest BCUT2D eigenvalue weighted by molar-refractivity contribution is 6.03. The predicted octanol–water partition coefficient (Wildman–Crippen LogP) is 3.91. The van der Waals surface area contributed by atoms with Crippen molar-refractivity contribution >= 4 is 21.8 Å². The number of aromatic nitrogens is 4. The Kier molecular flexibility index (Phi) is 3.68. The fourth-order valence-electron chi connectivity index (χ4n) is 3.84. The van der Waals surface area contributed by atoms with Crippen LogP contribution >= 0.6 is 0 Å². The van der Waals surface area contributed by atoms with E-state index in [1.54, 1.807) is 0 Å². The molecule has 5 nitrogen and oxygen atoms in total. The lowest BCUT2D eigenvalue weighted by Gasteiger charge is -2.28. The summed E-state index contributed by atoms with van der Waals surface area (Å²) in [5.41, 5.74) is 4.14. The van der Waals surface area contributed by atoms with Gasteiger partial charge in [0.25, 0.3) is 0 Å². The Balaban J connectivity index is 1.50. The zero-order valence-electron chi connectivity index (χ0n) is 14.8. The summed E-state index contributed by atoms with van der Waals surface area (Å²) in [4.78, 5) is 11.6. The maximum absolute atomic E-state index is 4.71. The van der Waals surface area contributed by atoms with Gasteiger partial charge in [0.1, 0.15) is 0 Å². The molecule has 0 unspecified atom stereocenters. The Bertz CT molecular complexity index is 1080. The van der Waals surface area contributed by atoms with E-state index in [0.717, 1.165) is 58.9 Å². The SMILES string of the molecule is CN1CCC(n2cc(-c3cnc4c(ccc5cccnc54)c3)cn2)CC1. The van der Waals surface area contributed by atoms with Crippen LogP contribution in [0.25, 0.3) is 32.9 Å². The van der Waals surface area contributed by atoms with Crippen LogP contribution in [0.1, 0.15) is 18.9 Å². The molecule has 0 amide bonds. The van der Waals surface area contributed by atoms with Gasteiger partial charge in [-0.3, -0.25) is 14.6 Å². The fraction of sp³-hybridized carbons (Fsp3) is 0.286. The second-order valence-electron chi connectivity index (χ2n) is 7.18. The van der Waals surface area contributed by atoms with Crippen molar-refractivity contribution < 1.29 is 0 Å². The van der Waals surface area contributed by atoms with Crippen LogP contribution in [0.3, 0.4) is 0 Å². The molecule has 1 fully saturated rings. The molecule has 0 radical (unpaired) electrons. The molecule has 3 aromatic heterocycles. The van der Waals surface area contributed by atoms with Gasteiger partial charge in [0, 0.05) is 40.5 Å². The number of pyridine rings is 2. The first-order chi connectivity index (χ1) is 12.8. The van der Waals surface area contributed by atoms with E-state index in [-0.39, 0.29) is 0 Å². The molecule has 5 rings (SSSR count). The number of benzene rings is 1. The van der Waals surface area contributed by atoms with E-state index in [1.807, 2.05) is 24.7 Å². The summed E-state index contributed by atoms with van der Waals surface area (Å²) in [6.07, 6.45) is 10.2. The van der Waals surface area contributed by atoms with Crippen molar-refractivity contribution in [3.8, 4) is 11.1 Å². The lowest BCUT2D eigenvalue weighted by atomic mass is 10.1. The number of fused-ring (bicyclic) bond motifs is 3. The molecule has 0 atom stereocenters. The normalized spacial score (nSPS) is 16.5. The Morgan fingerprint density at radius 2 is 1.73 bits per heavy atom. The van der Waals surface area contributed by atoms with Crippen LogP contribution in [-0.4, -0.2) is 44.8 Å². The van der Waals surface area contributed by atoms with E-state index < -0.39 is 0 Å².